The monoisotopic (exact) mass is 440 g/mol. The molecule has 1 fully saturated rings. The fraction of sp³-hybridized carbons (Fsp3) is 0.333. The van der Waals surface area contributed by atoms with Gasteiger partial charge in [0.2, 0.25) is 11.3 Å². The Labute approximate surface area is 161 Å². The molecule has 1 aliphatic carbocycles. The Morgan fingerprint density at radius 3 is 1.04 bits per heavy atom. The average molecular weight is 440 g/mol. The van der Waals surface area contributed by atoms with Crippen LogP contribution in [0.3, 0.4) is 0 Å². The Kier molecular flexibility index (Phi) is 4.82. The van der Waals surface area contributed by atoms with Crippen molar-refractivity contribution in [1.29, 1.82) is 0 Å². The first kappa shape index (κ1) is 21.0. The molecule has 0 spiro atoms. The van der Waals surface area contributed by atoms with Crippen LogP contribution < -0.4 is 0 Å². The van der Waals surface area contributed by atoms with E-state index in [9.17, 15) is 26.0 Å². The van der Waals surface area contributed by atoms with E-state index < -0.39 is 55.9 Å². The lowest BCUT2D eigenvalue weighted by Gasteiger charge is -2.58. The van der Waals surface area contributed by atoms with Crippen molar-refractivity contribution in [2.45, 2.75) is 33.0 Å². The average Bonchev–Trinajstić information content (AvgIpc) is 2.66. The minimum absolute atomic E-state index is 0.140. The highest BCUT2D eigenvalue weighted by Crippen LogP contribution is 2.76. The zero-order valence-corrected chi connectivity index (χ0v) is 16.2. The van der Waals surface area contributed by atoms with E-state index in [4.69, 9.17) is 0 Å². The highest BCUT2D eigenvalue weighted by molar-refractivity contribution is 7.84. The number of benzene rings is 2. The molecule has 0 radical (unpaired) electrons. The van der Waals surface area contributed by atoms with Crippen LogP contribution in [0.25, 0.3) is 0 Å². The summed E-state index contributed by atoms with van der Waals surface area (Å²) in [5.41, 5.74) is -10.7. The summed E-state index contributed by atoms with van der Waals surface area (Å²) in [5, 5.41) is 0. The van der Waals surface area contributed by atoms with Crippen LogP contribution in [0.4, 0.5) is 26.3 Å². The van der Waals surface area contributed by atoms with Gasteiger partial charge in [0, 0.05) is 43.9 Å². The van der Waals surface area contributed by atoms with Gasteiger partial charge in [0.05, 0.1) is 0 Å². The third-order valence-corrected chi connectivity index (χ3v) is 6.77. The van der Waals surface area contributed by atoms with Gasteiger partial charge in [-0.15, -0.1) is 0 Å². The van der Waals surface area contributed by atoms with E-state index in [1.54, 1.807) is 0 Å². The molecule has 4 atom stereocenters. The van der Waals surface area contributed by atoms with Crippen LogP contribution in [0.5, 0.6) is 0 Å². The maximum Gasteiger partial charge on any atom is 0.355 e. The van der Waals surface area contributed by atoms with Gasteiger partial charge in [0.15, 0.2) is 0 Å². The summed E-state index contributed by atoms with van der Waals surface area (Å²) >= 11 is 0. The zero-order chi connectivity index (χ0) is 21.1. The van der Waals surface area contributed by atoms with Gasteiger partial charge in [-0.05, 0) is 35.4 Å². The molecule has 1 aliphatic rings. The molecular weight excluding hydrogens is 426 g/mol. The molecule has 3 rings (SSSR count). The molecule has 0 aliphatic heterocycles. The van der Waals surface area contributed by atoms with E-state index in [0.717, 1.165) is 48.5 Å². The molecule has 2 unspecified atom stereocenters. The molecule has 0 N–H and O–H groups in total. The molecule has 0 amide bonds. The molecule has 10 heteroatoms. The van der Waals surface area contributed by atoms with Gasteiger partial charge in [-0.1, -0.05) is 24.3 Å². The molecule has 28 heavy (non-hydrogen) atoms. The Hall–Kier alpha value is -1.68. The summed E-state index contributed by atoms with van der Waals surface area (Å²) in [4.78, 5) is 0.280. The second kappa shape index (κ2) is 6.41. The van der Waals surface area contributed by atoms with E-state index in [1.807, 2.05) is 0 Å². The molecule has 2 aromatic carbocycles. The molecule has 152 valence electrons. The fourth-order valence-electron chi connectivity index (χ4n) is 3.32. The first-order valence-corrected chi connectivity index (χ1v) is 11.0. The largest absolute Gasteiger partial charge is 0.355 e. The first-order valence-electron chi connectivity index (χ1n) is 7.83. The third kappa shape index (κ3) is 2.39. The lowest BCUT2D eigenvalue weighted by molar-refractivity contribution is -0.451. The van der Waals surface area contributed by atoms with Crippen LogP contribution >= 0.6 is 0 Å². The summed E-state index contributed by atoms with van der Waals surface area (Å²) in [6, 6.07) is 6.97. The number of halogens is 6. The van der Waals surface area contributed by atoms with Gasteiger partial charge in [-0.25, -0.2) is 8.78 Å². The van der Waals surface area contributed by atoms with Gasteiger partial charge < -0.3 is 0 Å². The molecule has 0 heterocycles. The van der Waals surface area contributed by atoms with Crippen molar-refractivity contribution >= 4 is 21.6 Å². The molecular formula is C18H14F6O2S2. The maximum absolute atomic E-state index is 15.5. The molecule has 0 aromatic heterocycles. The van der Waals surface area contributed by atoms with Crippen molar-refractivity contribution in [3.63, 3.8) is 0 Å². The minimum Gasteiger partial charge on any atom is -0.255 e. The van der Waals surface area contributed by atoms with Crippen molar-refractivity contribution in [3.05, 3.63) is 59.7 Å². The topological polar surface area (TPSA) is 34.1 Å². The van der Waals surface area contributed by atoms with Crippen molar-refractivity contribution in [2.24, 2.45) is 0 Å². The van der Waals surface area contributed by atoms with E-state index in [2.05, 4.69) is 0 Å². The quantitative estimate of drug-likeness (QED) is 0.658. The summed E-state index contributed by atoms with van der Waals surface area (Å²) in [6.07, 6.45) is 2.57. The Bertz CT molecular complexity index is 882. The van der Waals surface area contributed by atoms with Gasteiger partial charge in [0.25, 0.3) is 0 Å². The van der Waals surface area contributed by atoms with Crippen molar-refractivity contribution in [1.82, 2.24) is 0 Å². The van der Waals surface area contributed by atoms with E-state index in [1.165, 1.54) is 12.5 Å². The predicted molar refractivity (Wildman–Crippen MR) is 93.0 cm³/mol. The van der Waals surface area contributed by atoms with Gasteiger partial charge in [-0.3, -0.25) is 8.42 Å². The van der Waals surface area contributed by atoms with Crippen LogP contribution in [0, 0.1) is 0 Å². The van der Waals surface area contributed by atoms with Crippen molar-refractivity contribution < 1.29 is 34.8 Å². The van der Waals surface area contributed by atoms with E-state index >= 15 is 8.78 Å². The molecule has 2 nitrogen and oxygen atoms in total. The van der Waals surface area contributed by atoms with Crippen LogP contribution in [-0.2, 0) is 32.9 Å². The van der Waals surface area contributed by atoms with E-state index in [0.29, 0.717) is 0 Å². The third-order valence-electron chi connectivity index (χ3n) is 4.90. The standard InChI is InChI=1S/C18H14F6O2S2/c1-27(25)13-7-3-11(4-8-13)15(19)16(20,18(23,24)17(15,21)22)12-5-9-14(10-6-12)28(2)26/h3-10H,1-2H3/t15-,16+,27?,28?. The number of hydrogen-bond acceptors (Lipinski definition) is 2. The van der Waals surface area contributed by atoms with Gasteiger partial charge >= 0.3 is 11.8 Å². The van der Waals surface area contributed by atoms with Gasteiger partial charge in [-0.2, -0.15) is 17.6 Å². The molecule has 2 aromatic rings. The van der Waals surface area contributed by atoms with Crippen LogP contribution in [0.2, 0.25) is 0 Å². The van der Waals surface area contributed by atoms with Crippen molar-refractivity contribution in [2.75, 3.05) is 12.5 Å². The molecule has 1 saturated carbocycles. The summed E-state index contributed by atoms with van der Waals surface area (Å²) in [6.45, 7) is 0. The number of rotatable bonds is 4. The maximum atomic E-state index is 15.5. The second-order valence-corrected chi connectivity index (χ2v) is 9.18. The molecule has 0 saturated heterocycles. The lowest BCUT2D eigenvalue weighted by Crippen LogP contribution is -2.82. The fourth-order valence-corrected chi connectivity index (χ4v) is 4.35. The van der Waals surface area contributed by atoms with Crippen LogP contribution in [0.15, 0.2) is 58.3 Å². The normalized spacial score (nSPS) is 30.3. The first-order chi connectivity index (χ1) is 12.8. The highest BCUT2D eigenvalue weighted by Gasteiger charge is 2.98. The smallest absolute Gasteiger partial charge is 0.255 e. The van der Waals surface area contributed by atoms with Crippen LogP contribution in [-0.4, -0.2) is 32.8 Å². The summed E-state index contributed by atoms with van der Waals surface area (Å²) in [5.74, 6) is -10.7. The predicted octanol–water partition coefficient (Wildman–Crippen LogP) is 4.48. The summed E-state index contributed by atoms with van der Waals surface area (Å²) in [7, 11) is -3.05. The van der Waals surface area contributed by atoms with Gasteiger partial charge in [0.1, 0.15) is 0 Å². The summed E-state index contributed by atoms with van der Waals surface area (Å²) < 4.78 is 111. The molecule has 0 bridgehead atoms. The number of hydrogen-bond donors (Lipinski definition) is 0. The lowest BCUT2D eigenvalue weighted by atomic mass is 9.56. The minimum atomic E-state index is -5.33. The zero-order valence-electron chi connectivity index (χ0n) is 14.5. The van der Waals surface area contributed by atoms with Crippen LogP contribution in [0.1, 0.15) is 11.1 Å². The number of alkyl halides is 6. The highest BCUT2D eigenvalue weighted by atomic mass is 32.2. The second-order valence-electron chi connectivity index (χ2n) is 6.42. The Balaban J connectivity index is 2.19. The Morgan fingerprint density at radius 1 is 0.571 bits per heavy atom. The Morgan fingerprint density at radius 2 is 0.821 bits per heavy atom. The SMILES string of the molecule is CS(=O)c1ccc([C@@]2(F)C(F)(F)C(F)(F)[C@@]2(F)c2ccc(S(C)=O)cc2)cc1. The van der Waals surface area contributed by atoms with E-state index in [-0.39, 0.29) is 9.79 Å². The van der Waals surface area contributed by atoms with Crippen molar-refractivity contribution in [3.8, 4) is 0 Å².